The highest BCUT2D eigenvalue weighted by Gasteiger charge is 2.11. The molecule has 6 heteroatoms. The molecule has 2 aromatic heterocycles. The Morgan fingerprint density at radius 2 is 2.15 bits per heavy atom. The Bertz CT molecular complexity index is 594. The molecule has 0 spiro atoms. The third kappa shape index (κ3) is 4.09. The molecule has 2 rings (SSSR count). The summed E-state index contributed by atoms with van der Waals surface area (Å²) < 4.78 is 0. The van der Waals surface area contributed by atoms with Crippen molar-refractivity contribution in [1.29, 1.82) is 0 Å². The topological polar surface area (TPSA) is 67.8 Å². The lowest BCUT2D eigenvalue weighted by molar-refractivity contribution is 0.102. The van der Waals surface area contributed by atoms with Crippen molar-refractivity contribution in [2.75, 3.05) is 5.32 Å². The minimum atomic E-state index is -0.250. The smallest absolute Gasteiger partial charge is 0.276 e. The summed E-state index contributed by atoms with van der Waals surface area (Å²) in [6.07, 6.45) is 1.97. The van der Waals surface area contributed by atoms with E-state index in [2.05, 4.69) is 34.3 Å². The molecule has 0 aliphatic carbocycles. The van der Waals surface area contributed by atoms with E-state index in [1.807, 2.05) is 19.1 Å². The van der Waals surface area contributed by atoms with E-state index in [0.717, 1.165) is 23.5 Å². The van der Waals surface area contributed by atoms with Crippen LogP contribution >= 0.6 is 11.3 Å². The van der Waals surface area contributed by atoms with Gasteiger partial charge in [0.05, 0.1) is 0 Å². The van der Waals surface area contributed by atoms with Crippen molar-refractivity contribution in [3.8, 4) is 0 Å². The van der Waals surface area contributed by atoms with E-state index >= 15 is 0 Å². The normalized spacial score (nSPS) is 10.8. The van der Waals surface area contributed by atoms with Gasteiger partial charge in [-0.3, -0.25) is 10.1 Å². The molecule has 0 atom stereocenters. The van der Waals surface area contributed by atoms with Crippen LogP contribution in [-0.4, -0.2) is 21.1 Å². The van der Waals surface area contributed by atoms with E-state index in [1.165, 1.54) is 11.3 Å². The fourth-order valence-corrected chi connectivity index (χ4v) is 2.40. The van der Waals surface area contributed by atoms with Gasteiger partial charge in [0, 0.05) is 12.1 Å². The van der Waals surface area contributed by atoms with Crippen LogP contribution in [0.5, 0.6) is 0 Å². The van der Waals surface area contributed by atoms with Crippen LogP contribution in [0, 0.1) is 12.8 Å². The zero-order valence-electron chi connectivity index (χ0n) is 11.9. The molecule has 2 aromatic rings. The van der Waals surface area contributed by atoms with Gasteiger partial charge in [-0.2, -0.15) is 0 Å². The molecule has 1 amide bonds. The lowest BCUT2D eigenvalue weighted by Crippen LogP contribution is -2.13. The molecular weight excluding hydrogens is 272 g/mol. The van der Waals surface area contributed by atoms with E-state index in [1.54, 1.807) is 6.07 Å². The van der Waals surface area contributed by atoms with E-state index in [9.17, 15) is 4.79 Å². The van der Waals surface area contributed by atoms with Crippen LogP contribution in [0.15, 0.2) is 18.2 Å². The molecule has 0 aromatic carbocycles. The molecule has 0 saturated heterocycles. The molecule has 0 saturated carbocycles. The van der Waals surface area contributed by atoms with Crippen molar-refractivity contribution >= 4 is 22.4 Å². The first-order chi connectivity index (χ1) is 9.54. The summed E-state index contributed by atoms with van der Waals surface area (Å²) in [7, 11) is 0. The predicted molar refractivity (Wildman–Crippen MR) is 80.0 cm³/mol. The van der Waals surface area contributed by atoms with E-state index in [0.29, 0.717) is 16.7 Å². The number of anilines is 1. The van der Waals surface area contributed by atoms with E-state index in [-0.39, 0.29) is 5.91 Å². The highest BCUT2D eigenvalue weighted by atomic mass is 32.1. The molecule has 0 unspecified atom stereocenters. The maximum Gasteiger partial charge on any atom is 0.276 e. The first-order valence-electron chi connectivity index (χ1n) is 6.62. The first-order valence-corrected chi connectivity index (χ1v) is 7.43. The van der Waals surface area contributed by atoms with Crippen molar-refractivity contribution in [3.05, 3.63) is 34.6 Å². The number of amides is 1. The number of hydrogen-bond donors (Lipinski definition) is 1. The Morgan fingerprint density at radius 3 is 2.85 bits per heavy atom. The van der Waals surface area contributed by atoms with Crippen molar-refractivity contribution in [1.82, 2.24) is 15.2 Å². The number of rotatable bonds is 5. The van der Waals surface area contributed by atoms with Gasteiger partial charge in [0.25, 0.3) is 5.91 Å². The Labute approximate surface area is 122 Å². The van der Waals surface area contributed by atoms with Gasteiger partial charge in [0.1, 0.15) is 10.7 Å². The van der Waals surface area contributed by atoms with Gasteiger partial charge in [-0.1, -0.05) is 31.3 Å². The van der Waals surface area contributed by atoms with Gasteiger partial charge < -0.3 is 0 Å². The summed E-state index contributed by atoms with van der Waals surface area (Å²) in [6.45, 7) is 6.20. The number of carbonyl (C=O) groups excluding carboxylic acids is 1. The van der Waals surface area contributed by atoms with Gasteiger partial charge in [-0.05, 0) is 31.4 Å². The first kappa shape index (κ1) is 14.6. The maximum atomic E-state index is 12.0. The number of hydrogen-bond acceptors (Lipinski definition) is 5. The van der Waals surface area contributed by atoms with Crippen LogP contribution in [0.25, 0.3) is 0 Å². The summed E-state index contributed by atoms with van der Waals surface area (Å²) in [5.41, 5.74) is 1.21. The molecule has 106 valence electrons. The van der Waals surface area contributed by atoms with Crippen LogP contribution in [-0.2, 0) is 6.42 Å². The molecule has 5 nitrogen and oxygen atoms in total. The Kier molecular flexibility index (Phi) is 4.79. The zero-order chi connectivity index (χ0) is 14.5. The SMILES string of the molecule is Cc1cccc(C(=O)Nc2nnc(CCC(C)C)s2)n1. The summed E-state index contributed by atoms with van der Waals surface area (Å²) >= 11 is 1.42. The van der Waals surface area contributed by atoms with Gasteiger partial charge in [0.2, 0.25) is 5.13 Å². The van der Waals surface area contributed by atoms with E-state index < -0.39 is 0 Å². The number of pyridine rings is 1. The highest BCUT2D eigenvalue weighted by Crippen LogP contribution is 2.18. The largest absolute Gasteiger partial charge is 0.295 e. The van der Waals surface area contributed by atoms with Crippen LogP contribution in [0.4, 0.5) is 5.13 Å². The van der Waals surface area contributed by atoms with Crippen LogP contribution in [0.1, 0.15) is 41.5 Å². The fourth-order valence-electron chi connectivity index (χ4n) is 1.65. The Morgan fingerprint density at radius 1 is 1.35 bits per heavy atom. The molecule has 0 aliphatic heterocycles. The predicted octanol–water partition coefficient (Wildman–Crippen LogP) is 3.08. The molecule has 0 radical (unpaired) electrons. The van der Waals surface area contributed by atoms with Crippen molar-refractivity contribution in [2.45, 2.75) is 33.6 Å². The number of nitrogens with one attached hydrogen (secondary N) is 1. The fraction of sp³-hybridized carbons (Fsp3) is 0.429. The van der Waals surface area contributed by atoms with E-state index in [4.69, 9.17) is 0 Å². The van der Waals surface area contributed by atoms with Gasteiger partial charge in [-0.15, -0.1) is 10.2 Å². The number of aryl methyl sites for hydroxylation is 2. The Hall–Kier alpha value is -1.82. The molecule has 2 heterocycles. The lowest BCUT2D eigenvalue weighted by Gasteiger charge is -2.01. The second-order valence-electron chi connectivity index (χ2n) is 5.05. The van der Waals surface area contributed by atoms with Crippen LogP contribution in [0.3, 0.4) is 0 Å². The van der Waals surface area contributed by atoms with Crippen molar-refractivity contribution in [3.63, 3.8) is 0 Å². The minimum absolute atomic E-state index is 0.250. The molecule has 0 fully saturated rings. The van der Waals surface area contributed by atoms with Crippen LogP contribution in [0.2, 0.25) is 0 Å². The van der Waals surface area contributed by atoms with Gasteiger partial charge in [-0.25, -0.2) is 4.98 Å². The summed E-state index contributed by atoms with van der Waals surface area (Å²) in [6, 6.07) is 5.35. The van der Waals surface area contributed by atoms with Crippen molar-refractivity contribution in [2.24, 2.45) is 5.92 Å². The van der Waals surface area contributed by atoms with Gasteiger partial charge >= 0.3 is 0 Å². The van der Waals surface area contributed by atoms with Crippen LogP contribution < -0.4 is 5.32 Å². The van der Waals surface area contributed by atoms with Gasteiger partial charge in [0.15, 0.2) is 0 Å². The second-order valence-corrected chi connectivity index (χ2v) is 6.11. The number of aromatic nitrogens is 3. The molecule has 1 N–H and O–H groups in total. The lowest BCUT2D eigenvalue weighted by atomic mass is 10.1. The maximum absolute atomic E-state index is 12.0. The third-order valence-electron chi connectivity index (χ3n) is 2.74. The Balaban J connectivity index is 1.98. The summed E-state index contributed by atoms with van der Waals surface area (Å²) in [4.78, 5) is 16.2. The standard InChI is InChI=1S/C14H18N4OS/c1-9(2)7-8-12-17-18-14(20-12)16-13(19)11-6-4-5-10(3)15-11/h4-6,9H,7-8H2,1-3H3,(H,16,18,19). The number of nitrogens with zero attached hydrogens (tertiary/aromatic N) is 3. The highest BCUT2D eigenvalue weighted by molar-refractivity contribution is 7.15. The zero-order valence-corrected chi connectivity index (χ0v) is 12.7. The quantitative estimate of drug-likeness (QED) is 0.919. The summed E-state index contributed by atoms with van der Waals surface area (Å²) in [5.74, 6) is 0.383. The number of carbonyl (C=O) groups is 1. The molecule has 0 aliphatic rings. The van der Waals surface area contributed by atoms with Crippen molar-refractivity contribution < 1.29 is 4.79 Å². The third-order valence-corrected chi connectivity index (χ3v) is 3.64. The molecule has 0 bridgehead atoms. The second kappa shape index (κ2) is 6.56. The summed E-state index contributed by atoms with van der Waals surface area (Å²) in [5, 5.41) is 12.3. The average Bonchev–Trinajstić information content (AvgIpc) is 2.84. The molecular formula is C14H18N4OS. The minimum Gasteiger partial charge on any atom is -0.295 e. The molecule has 20 heavy (non-hydrogen) atoms. The monoisotopic (exact) mass is 290 g/mol. The average molecular weight is 290 g/mol.